The van der Waals surface area contributed by atoms with Crippen molar-refractivity contribution in [3.63, 3.8) is 0 Å². The van der Waals surface area contributed by atoms with Crippen molar-refractivity contribution in [2.24, 2.45) is 5.73 Å². The van der Waals surface area contributed by atoms with E-state index < -0.39 is 6.04 Å². The van der Waals surface area contributed by atoms with Crippen molar-refractivity contribution in [1.29, 1.82) is 0 Å². The number of halogens is 1. The third kappa shape index (κ3) is 7.14. The first kappa shape index (κ1) is 20.7. The van der Waals surface area contributed by atoms with E-state index in [1.807, 2.05) is 38.1 Å². The van der Waals surface area contributed by atoms with Crippen LogP contribution in [0.5, 0.6) is 0 Å². The highest BCUT2D eigenvalue weighted by atomic mass is 35.5. The number of alkyl halides is 1. The second kappa shape index (κ2) is 12.3. The van der Waals surface area contributed by atoms with Gasteiger partial charge in [-0.05, 0) is 30.5 Å². The highest BCUT2D eigenvalue weighted by molar-refractivity contribution is 6.18. The molecular formula is C17H29ClN2O2. The molecule has 0 amide bonds. The van der Waals surface area contributed by atoms with E-state index in [9.17, 15) is 4.79 Å². The SMILES string of the molecule is CC.CCCN(CCCl)c1ccc(CC(N)C(=O)OC)cc1. The van der Waals surface area contributed by atoms with Crippen LogP contribution in [-0.2, 0) is 16.0 Å². The van der Waals surface area contributed by atoms with Gasteiger partial charge in [-0.25, -0.2) is 0 Å². The Kier molecular flexibility index (Phi) is 11.6. The third-order valence-corrected chi connectivity index (χ3v) is 3.28. The standard InChI is InChI=1S/C15H23ClN2O2.C2H6/c1-3-9-18(10-8-16)13-6-4-12(5-7-13)11-14(17)15(19)20-2;1-2/h4-7,14H,3,8-11,17H2,1-2H3;1-2H3. The minimum Gasteiger partial charge on any atom is -0.468 e. The zero-order valence-corrected chi connectivity index (χ0v) is 14.9. The molecule has 0 radical (unpaired) electrons. The summed E-state index contributed by atoms with van der Waals surface area (Å²) in [7, 11) is 1.35. The molecule has 0 bridgehead atoms. The summed E-state index contributed by atoms with van der Waals surface area (Å²) in [6.07, 6.45) is 1.56. The van der Waals surface area contributed by atoms with Crippen molar-refractivity contribution in [3.8, 4) is 0 Å². The highest BCUT2D eigenvalue weighted by Gasteiger charge is 2.14. The number of hydrogen-bond acceptors (Lipinski definition) is 4. The van der Waals surface area contributed by atoms with Gasteiger partial charge in [-0.2, -0.15) is 0 Å². The summed E-state index contributed by atoms with van der Waals surface area (Å²) in [5, 5.41) is 0. The quantitative estimate of drug-likeness (QED) is 0.588. The molecule has 1 rings (SSSR count). The molecule has 0 aliphatic carbocycles. The van der Waals surface area contributed by atoms with E-state index in [1.54, 1.807) is 0 Å². The molecule has 0 fully saturated rings. The fourth-order valence-corrected chi connectivity index (χ4v) is 2.28. The van der Waals surface area contributed by atoms with Gasteiger partial charge in [0.1, 0.15) is 6.04 Å². The normalized spacial score (nSPS) is 11.2. The van der Waals surface area contributed by atoms with Crippen molar-refractivity contribution >= 4 is 23.3 Å². The molecule has 0 spiro atoms. The van der Waals surface area contributed by atoms with E-state index in [1.165, 1.54) is 7.11 Å². The largest absolute Gasteiger partial charge is 0.468 e. The first-order valence-electron chi connectivity index (χ1n) is 7.85. The molecule has 0 saturated heterocycles. The van der Waals surface area contributed by atoms with Crippen LogP contribution in [0.15, 0.2) is 24.3 Å². The van der Waals surface area contributed by atoms with Crippen molar-refractivity contribution in [1.82, 2.24) is 0 Å². The van der Waals surface area contributed by atoms with E-state index in [-0.39, 0.29) is 5.97 Å². The van der Waals surface area contributed by atoms with Crippen LogP contribution in [-0.4, -0.2) is 38.1 Å². The number of carbonyl (C=O) groups is 1. The van der Waals surface area contributed by atoms with Crippen LogP contribution in [0.2, 0.25) is 0 Å². The Morgan fingerprint density at radius 1 is 1.27 bits per heavy atom. The minimum atomic E-state index is -0.611. The molecule has 0 aliphatic heterocycles. The number of anilines is 1. The molecule has 0 aromatic heterocycles. The summed E-state index contributed by atoms with van der Waals surface area (Å²) in [5.74, 6) is 0.221. The summed E-state index contributed by atoms with van der Waals surface area (Å²) in [4.78, 5) is 13.5. The van der Waals surface area contributed by atoms with Crippen LogP contribution in [0.4, 0.5) is 5.69 Å². The van der Waals surface area contributed by atoms with Gasteiger partial charge < -0.3 is 15.4 Å². The van der Waals surface area contributed by atoms with E-state index >= 15 is 0 Å². The first-order valence-corrected chi connectivity index (χ1v) is 8.39. The number of carbonyl (C=O) groups excluding carboxylic acids is 1. The van der Waals surface area contributed by atoms with E-state index in [2.05, 4.69) is 16.6 Å². The molecule has 1 unspecified atom stereocenters. The fraction of sp³-hybridized carbons (Fsp3) is 0.588. The molecule has 5 heteroatoms. The Bertz CT molecular complexity index is 404. The average molecular weight is 329 g/mol. The molecule has 1 aromatic carbocycles. The van der Waals surface area contributed by atoms with Crippen molar-refractivity contribution < 1.29 is 9.53 Å². The van der Waals surface area contributed by atoms with Gasteiger partial charge in [0.2, 0.25) is 0 Å². The number of hydrogen-bond donors (Lipinski definition) is 1. The monoisotopic (exact) mass is 328 g/mol. The summed E-state index contributed by atoms with van der Waals surface area (Å²) < 4.78 is 4.62. The Hall–Kier alpha value is -1.26. The zero-order chi connectivity index (χ0) is 17.0. The van der Waals surface area contributed by atoms with E-state index in [4.69, 9.17) is 17.3 Å². The third-order valence-electron chi connectivity index (χ3n) is 3.11. The highest BCUT2D eigenvalue weighted by Crippen LogP contribution is 2.16. The van der Waals surface area contributed by atoms with Crippen LogP contribution >= 0.6 is 11.6 Å². The van der Waals surface area contributed by atoms with Gasteiger partial charge in [0, 0.05) is 24.7 Å². The second-order valence-corrected chi connectivity index (χ2v) is 5.05. The molecule has 0 aliphatic rings. The lowest BCUT2D eigenvalue weighted by atomic mass is 10.1. The Balaban J connectivity index is 0.00000211. The van der Waals surface area contributed by atoms with Crippen LogP contribution in [0, 0.1) is 0 Å². The predicted molar refractivity (Wildman–Crippen MR) is 94.7 cm³/mol. The van der Waals surface area contributed by atoms with Gasteiger partial charge in [0.25, 0.3) is 0 Å². The maximum Gasteiger partial charge on any atom is 0.322 e. The number of esters is 1. The predicted octanol–water partition coefficient (Wildman–Crippen LogP) is 3.21. The lowest BCUT2D eigenvalue weighted by Gasteiger charge is -2.23. The maximum atomic E-state index is 11.3. The Morgan fingerprint density at radius 2 is 1.86 bits per heavy atom. The average Bonchev–Trinajstić information content (AvgIpc) is 2.56. The van der Waals surface area contributed by atoms with E-state index in [0.29, 0.717) is 12.3 Å². The zero-order valence-electron chi connectivity index (χ0n) is 14.1. The fourth-order valence-electron chi connectivity index (χ4n) is 2.07. The molecule has 1 aromatic rings. The topological polar surface area (TPSA) is 55.6 Å². The molecule has 4 nitrogen and oxygen atoms in total. The number of nitrogens with two attached hydrogens (primary N) is 1. The second-order valence-electron chi connectivity index (χ2n) is 4.68. The van der Waals surface area contributed by atoms with Crippen LogP contribution in [0.1, 0.15) is 32.8 Å². The number of rotatable bonds is 8. The van der Waals surface area contributed by atoms with Crippen molar-refractivity contribution in [3.05, 3.63) is 29.8 Å². The lowest BCUT2D eigenvalue weighted by Crippen LogP contribution is -2.33. The molecular weight excluding hydrogens is 300 g/mol. The summed E-state index contributed by atoms with van der Waals surface area (Å²) in [5.41, 5.74) is 7.91. The Labute approximate surface area is 139 Å². The molecule has 0 saturated carbocycles. The van der Waals surface area contributed by atoms with Crippen LogP contribution in [0.3, 0.4) is 0 Å². The molecule has 0 heterocycles. The Morgan fingerprint density at radius 3 is 2.32 bits per heavy atom. The summed E-state index contributed by atoms with van der Waals surface area (Å²) >= 11 is 5.82. The van der Waals surface area contributed by atoms with Gasteiger partial charge in [0.05, 0.1) is 7.11 Å². The first-order chi connectivity index (χ1) is 10.6. The molecule has 22 heavy (non-hydrogen) atoms. The number of ether oxygens (including phenoxy) is 1. The van der Waals surface area contributed by atoms with Gasteiger partial charge >= 0.3 is 5.97 Å². The summed E-state index contributed by atoms with van der Waals surface area (Å²) in [6.45, 7) is 7.95. The maximum absolute atomic E-state index is 11.3. The van der Waals surface area contributed by atoms with Crippen molar-refractivity contribution in [2.45, 2.75) is 39.7 Å². The lowest BCUT2D eigenvalue weighted by molar-refractivity contribution is -0.142. The molecule has 2 N–H and O–H groups in total. The van der Waals surface area contributed by atoms with Gasteiger partial charge in [-0.1, -0.05) is 32.9 Å². The smallest absolute Gasteiger partial charge is 0.322 e. The minimum absolute atomic E-state index is 0.385. The van der Waals surface area contributed by atoms with Crippen molar-refractivity contribution in [2.75, 3.05) is 31.0 Å². The number of methoxy groups -OCH3 is 1. The number of nitrogens with zero attached hydrogens (tertiary/aromatic N) is 1. The van der Waals surface area contributed by atoms with Gasteiger partial charge in [-0.3, -0.25) is 4.79 Å². The van der Waals surface area contributed by atoms with Crippen LogP contribution in [0.25, 0.3) is 0 Å². The molecule has 126 valence electrons. The van der Waals surface area contributed by atoms with E-state index in [0.717, 1.165) is 30.8 Å². The number of benzene rings is 1. The van der Waals surface area contributed by atoms with Crippen LogP contribution < -0.4 is 10.6 Å². The molecule has 1 atom stereocenters. The van der Waals surface area contributed by atoms with Gasteiger partial charge in [-0.15, -0.1) is 11.6 Å². The van der Waals surface area contributed by atoms with Gasteiger partial charge in [0.15, 0.2) is 0 Å². The summed E-state index contributed by atoms with van der Waals surface area (Å²) in [6, 6.07) is 7.47.